The summed E-state index contributed by atoms with van der Waals surface area (Å²) in [5.41, 5.74) is 3.38. The van der Waals surface area contributed by atoms with Gasteiger partial charge in [0.2, 0.25) is 5.91 Å². The number of halogens is 1. The molecule has 1 amide bonds. The molecule has 1 atom stereocenters. The number of ether oxygens (including phenoxy) is 1. The minimum Gasteiger partial charge on any atom is -0.488 e. The number of fused-ring (bicyclic) bond motifs is 1. The molecule has 1 aliphatic heterocycles. The molecule has 1 aromatic carbocycles. The van der Waals surface area contributed by atoms with E-state index in [0.29, 0.717) is 29.1 Å². The van der Waals surface area contributed by atoms with Crippen molar-refractivity contribution in [2.75, 3.05) is 30.0 Å². The molecule has 6 rings (SSSR count). The van der Waals surface area contributed by atoms with Crippen LogP contribution in [-0.2, 0) is 9.59 Å². The number of amides is 1. The molecular formula is C30H33ClN4O4S. The molecule has 2 aliphatic carbocycles. The second kappa shape index (κ2) is 11.4. The van der Waals surface area contributed by atoms with Gasteiger partial charge in [-0.25, -0.2) is 9.97 Å². The highest BCUT2D eigenvalue weighted by molar-refractivity contribution is 7.14. The van der Waals surface area contributed by atoms with Crippen LogP contribution in [0.3, 0.4) is 0 Å². The van der Waals surface area contributed by atoms with Crippen molar-refractivity contribution in [1.82, 2.24) is 9.97 Å². The number of benzene rings is 1. The largest absolute Gasteiger partial charge is 0.488 e. The topological polar surface area (TPSA) is 95.9 Å². The predicted molar refractivity (Wildman–Crippen MR) is 157 cm³/mol. The van der Waals surface area contributed by atoms with Crippen LogP contribution in [0.2, 0.25) is 5.02 Å². The third-order valence-electron chi connectivity index (χ3n) is 8.16. The molecule has 1 N–H and O–H groups in total. The number of aromatic nitrogens is 2. The van der Waals surface area contributed by atoms with Gasteiger partial charge < -0.3 is 14.7 Å². The summed E-state index contributed by atoms with van der Waals surface area (Å²) >= 11 is 7.87. The van der Waals surface area contributed by atoms with Gasteiger partial charge in [-0.3, -0.25) is 14.5 Å². The lowest BCUT2D eigenvalue weighted by Crippen LogP contribution is -2.39. The zero-order valence-electron chi connectivity index (χ0n) is 22.5. The van der Waals surface area contributed by atoms with E-state index >= 15 is 0 Å². The summed E-state index contributed by atoms with van der Waals surface area (Å²) in [6.45, 7) is 1.39. The fourth-order valence-electron chi connectivity index (χ4n) is 5.95. The first-order chi connectivity index (χ1) is 19.4. The van der Waals surface area contributed by atoms with Crippen molar-refractivity contribution < 1.29 is 19.4 Å². The monoisotopic (exact) mass is 580 g/mol. The van der Waals surface area contributed by atoms with Crippen LogP contribution in [0.15, 0.2) is 35.8 Å². The van der Waals surface area contributed by atoms with Crippen LogP contribution in [0.5, 0.6) is 5.75 Å². The Morgan fingerprint density at radius 1 is 1.20 bits per heavy atom. The lowest BCUT2D eigenvalue weighted by atomic mass is 9.90. The SMILES string of the molecule is CN1CCOc2cc(-c3ccc(Cl)cc3-c3csc(N(C(=O)C(CC(=O)O)CC4CCCC4)C4CC4)n3)cnc21. The zero-order chi connectivity index (χ0) is 27.8. The number of carboxylic acid groups (broad SMARTS) is 1. The summed E-state index contributed by atoms with van der Waals surface area (Å²) in [6.07, 6.45) is 8.60. The van der Waals surface area contributed by atoms with Crippen molar-refractivity contribution >= 4 is 45.8 Å². The van der Waals surface area contributed by atoms with Crippen LogP contribution >= 0.6 is 22.9 Å². The maximum Gasteiger partial charge on any atom is 0.304 e. The second-order valence-electron chi connectivity index (χ2n) is 11.1. The van der Waals surface area contributed by atoms with E-state index in [0.717, 1.165) is 79.0 Å². The van der Waals surface area contributed by atoms with Gasteiger partial charge in [0.05, 0.1) is 18.7 Å². The molecule has 2 saturated carbocycles. The highest BCUT2D eigenvalue weighted by atomic mass is 35.5. The first-order valence-corrected chi connectivity index (χ1v) is 15.3. The number of hydrogen-bond donors (Lipinski definition) is 1. The fourth-order valence-corrected chi connectivity index (χ4v) is 7.02. The van der Waals surface area contributed by atoms with Crippen LogP contribution in [-0.4, -0.2) is 53.2 Å². The average molecular weight is 581 g/mol. The Balaban J connectivity index is 1.32. The van der Waals surface area contributed by atoms with Gasteiger partial charge >= 0.3 is 5.97 Å². The number of carboxylic acids is 1. The highest BCUT2D eigenvalue weighted by Gasteiger charge is 2.40. The molecule has 8 nitrogen and oxygen atoms in total. The Morgan fingerprint density at radius 3 is 2.75 bits per heavy atom. The first kappa shape index (κ1) is 27.0. The van der Waals surface area contributed by atoms with Crippen LogP contribution in [0.1, 0.15) is 51.4 Å². The summed E-state index contributed by atoms with van der Waals surface area (Å²) in [4.78, 5) is 39.1. The van der Waals surface area contributed by atoms with Crippen LogP contribution in [0, 0.1) is 11.8 Å². The summed E-state index contributed by atoms with van der Waals surface area (Å²) in [5, 5.41) is 12.8. The molecule has 10 heteroatoms. The van der Waals surface area contributed by atoms with Gasteiger partial charge in [-0.15, -0.1) is 11.3 Å². The van der Waals surface area contributed by atoms with E-state index in [1.165, 1.54) is 11.3 Å². The van der Waals surface area contributed by atoms with E-state index in [4.69, 9.17) is 21.3 Å². The number of aliphatic carboxylic acids is 1. The minimum atomic E-state index is -0.927. The van der Waals surface area contributed by atoms with E-state index in [1.807, 2.05) is 42.9 Å². The number of rotatable bonds is 9. The summed E-state index contributed by atoms with van der Waals surface area (Å²) in [7, 11) is 2.00. The Bertz CT molecular complexity index is 1420. The normalized spacial score (nSPS) is 17.8. The number of pyridine rings is 1. The third-order valence-corrected chi connectivity index (χ3v) is 9.23. The molecule has 3 aromatic rings. The number of carbonyl (C=O) groups is 2. The van der Waals surface area contributed by atoms with E-state index in [-0.39, 0.29) is 18.4 Å². The van der Waals surface area contributed by atoms with E-state index < -0.39 is 11.9 Å². The fraction of sp³-hybridized carbons (Fsp3) is 0.467. The van der Waals surface area contributed by atoms with Gasteiger partial charge in [0.15, 0.2) is 16.7 Å². The standard InChI is InChI=1S/C30H33ClN4O4S/c1-34-10-11-39-26-13-20(16-32-28(26)34)23-9-6-21(31)15-24(23)25-17-40-30(33-25)35(22-7-8-22)29(38)19(14-27(36)37)12-18-4-2-3-5-18/h6,9,13,15-19,22H,2-5,7-8,10-12,14H2,1H3,(H,36,37). The minimum absolute atomic E-state index is 0.0733. The molecule has 0 spiro atoms. The maximum atomic E-state index is 13.9. The third kappa shape index (κ3) is 5.67. The smallest absolute Gasteiger partial charge is 0.304 e. The summed E-state index contributed by atoms with van der Waals surface area (Å²) in [5.74, 6) is 0.407. The van der Waals surface area contributed by atoms with Crippen molar-refractivity contribution in [2.45, 2.75) is 57.4 Å². The number of nitrogens with zero attached hydrogens (tertiary/aromatic N) is 4. The molecule has 0 saturated heterocycles. The number of thiazole rings is 1. The molecule has 3 aliphatic rings. The number of anilines is 2. The van der Waals surface area contributed by atoms with Crippen molar-refractivity contribution in [3.63, 3.8) is 0 Å². The molecule has 40 heavy (non-hydrogen) atoms. The molecule has 3 heterocycles. The Morgan fingerprint density at radius 2 is 2.00 bits per heavy atom. The molecule has 0 bridgehead atoms. The Kier molecular flexibility index (Phi) is 7.68. The Hall–Kier alpha value is -3.17. The van der Waals surface area contributed by atoms with Crippen molar-refractivity contribution in [3.05, 3.63) is 40.9 Å². The van der Waals surface area contributed by atoms with Crippen LogP contribution in [0.25, 0.3) is 22.4 Å². The number of hydrogen-bond acceptors (Lipinski definition) is 7. The predicted octanol–water partition coefficient (Wildman–Crippen LogP) is 6.52. The molecule has 2 fully saturated rings. The molecule has 1 unspecified atom stereocenters. The summed E-state index contributed by atoms with van der Waals surface area (Å²) < 4.78 is 5.89. The van der Waals surface area contributed by atoms with Crippen molar-refractivity contribution in [2.24, 2.45) is 11.8 Å². The van der Waals surface area contributed by atoms with E-state index in [2.05, 4.69) is 9.88 Å². The molecular weight excluding hydrogens is 548 g/mol. The maximum absolute atomic E-state index is 13.9. The average Bonchev–Trinajstić information content (AvgIpc) is 3.40. The van der Waals surface area contributed by atoms with Gasteiger partial charge in [-0.1, -0.05) is 43.4 Å². The molecule has 0 radical (unpaired) electrons. The van der Waals surface area contributed by atoms with Gasteiger partial charge in [0.25, 0.3) is 0 Å². The van der Waals surface area contributed by atoms with Gasteiger partial charge in [0.1, 0.15) is 6.61 Å². The molecule has 210 valence electrons. The van der Waals surface area contributed by atoms with E-state index in [1.54, 1.807) is 4.90 Å². The van der Waals surface area contributed by atoms with E-state index in [9.17, 15) is 14.7 Å². The lowest BCUT2D eigenvalue weighted by molar-refractivity contribution is -0.141. The van der Waals surface area contributed by atoms with Crippen molar-refractivity contribution in [3.8, 4) is 28.1 Å². The quantitative estimate of drug-likeness (QED) is 0.308. The second-order valence-corrected chi connectivity index (χ2v) is 12.4. The Labute approximate surface area is 243 Å². The van der Waals surface area contributed by atoms with Gasteiger partial charge in [0, 0.05) is 46.7 Å². The number of carbonyl (C=O) groups excluding carboxylic acids is 1. The first-order valence-electron chi connectivity index (χ1n) is 14.0. The summed E-state index contributed by atoms with van der Waals surface area (Å²) in [6, 6.07) is 7.76. The van der Waals surface area contributed by atoms with Gasteiger partial charge in [-0.2, -0.15) is 0 Å². The van der Waals surface area contributed by atoms with Crippen LogP contribution in [0.4, 0.5) is 10.9 Å². The van der Waals surface area contributed by atoms with Crippen molar-refractivity contribution in [1.29, 1.82) is 0 Å². The molecule has 2 aromatic heterocycles. The zero-order valence-corrected chi connectivity index (χ0v) is 24.1. The highest BCUT2D eigenvalue weighted by Crippen LogP contribution is 2.42. The van der Waals surface area contributed by atoms with Gasteiger partial charge in [-0.05, 0) is 48.9 Å². The lowest BCUT2D eigenvalue weighted by Gasteiger charge is -2.26. The number of likely N-dealkylation sites (N-methyl/N-ethyl adjacent to an activating group) is 1. The van der Waals surface area contributed by atoms with Crippen LogP contribution < -0.4 is 14.5 Å².